The number of aliphatic hydroxyl groups is 1. The molecular weight excluding hydrogens is 474 g/mol. The average Bonchev–Trinajstić information content (AvgIpc) is 3.11. The molecule has 12 heteroatoms. The lowest BCUT2D eigenvalue weighted by atomic mass is 9.78. The number of hydrogen-bond donors (Lipinski definition) is 3. The number of carbonyl (C=O) groups excluding carboxylic acids is 1. The van der Waals surface area contributed by atoms with Crippen molar-refractivity contribution in [2.45, 2.75) is 43.7 Å². The second-order valence-corrected chi connectivity index (χ2v) is 10.4. The van der Waals surface area contributed by atoms with Gasteiger partial charge in [-0.25, -0.2) is 18.7 Å². The number of benzene rings is 1. The lowest BCUT2D eigenvalue weighted by Gasteiger charge is -2.36. The van der Waals surface area contributed by atoms with Crippen LogP contribution in [0.2, 0.25) is 0 Å². The Morgan fingerprint density at radius 1 is 1.21 bits per heavy atom. The van der Waals surface area contributed by atoms with Gasteiger partial charge in [0, 0.05) is 12.5 Å². The van der Waals surface area contributed by atoms with Gasteiger partial charge in [0.05, 0.1) is 22.5 Å². The minimum atomic E-state index is -4.17. The highest BCUT2D eigenvalue weighted by Crippen LogP contribution is 2.48. The van der Waals surface area contributed by atoms with Gasteiger partial charge in [0.15, 0.2) is 21.8 Å². The summed E-state index contributed by atoms with van der Waals surface area (Å²) in [5.74, 6) is -2.42. The quantitative estimate of drug-likeness (QED) is 0.478. The van der Waals surface area contributed by atoms with Crippen molar-refractivity contribution in [3.8, 4) is 11.3 Å². The Morgan fingerprint density at radius 2 is 1.94 bits per heavy atom. The summed E-state index contributed by atoms with van der Waals surface area (Å²) >= 11 is 0.934. The smallest absolute Gasteiger partial charge is 0.281 e. The lowest BCUT2D eigenvalue weighted by Crippen LogP contribution is -2.33. The third-order valence-electron chi connectivity index (χ3n) is 5.25. The third kappa shape index (κ3) is 4.59. The van der Waals surface area contributed by atoms with Crippen LogP contribution in [0.5, 0.6) is 0 Å². The SMILES string of the molecule is CC(=O)Nc1cnc(S(=O)(=O)Nc2nc(-c3ccc(F)c(F)c3)c(C3(O)CCC3)s2)c(C)c1. The molecule has 1 amide bonds. The van der Waals surface area contributed by atoms with Gasteiger partial charge in [-0.3, -0.25) is 9.52 Å². The van der Waals surface area contributed by atoms with E-state index in [9.17, 15) is 27.1 Å². The number of rotatable bonds is 6. The van der Waals surface area contributed by atoms with E-state index in [1.165, 1.54) is 32.2 Å². The van der Waals surface area contributed by atoms with Gasteiger partial charge in [-0.05, 0) is 56.0 Å². The maximum atomic E-state index is 13.8. The number of aryl methyl sites for hydroxylation is 1. The second-order valence-electron chi connectivity index (χ2n) is 7.84. The third-order valence-corrected chi connectivity index (χ3v) is 7.94. The average molecular weight is 495 g/mol. The van der Waals surface area contributed by atoms with Crippen LogP contribution in [0.15, 0.2) is 35.5 Å². The van der Waals surface area contributed by atoms with Crippen molar-refractivity contribution in [2.75, 3.05) is 10.0 Å². The molecule has 4 rings (SSSR count). The molecule has 0 bridgehead atoms. The largest absolute Gasteiger partial charge is 0.384 e. The Balaban J connectivity index is 1.71. The Kier molecular flexibility index (Phi) is 5.93. The van der Waals surface area contributed by atoms with Crippen LogP contribution in [0.4, 0.5) is 19.6 Å². The zero-order chi connectivity index (χ0) is 24.0. The first-order chi connectivity index (χ1) is 15.5. The highest BCUT2D eigenvalue weighted by atomic mass is 32.2. The molecule has 1 aromatic carbocycles. The minimum Gasteiger partial charge on any atom is -0.384 e. The highest BCUT2D eigenvalue weighted by Gasteiger charge is 2.41. The summed E-state index contributed by atoms with van der Waals surface area (Å²) in [6.45, 7) is 2.85. The molecule has 0 saturated heterocycles. The van der Waals surface area contributed by atoms with E-state index in [2.05, 4.69) is 20.0 Å². The van der Waals surface area contributed by atoms with Crippen LogP contribution in [0.1, 0.15) is 36.6 Å². The number of aromatic nitrogens is 2. The van der Waals surface area contributed by atoms with E-state index < -0.39 is 27.3 Å². The van der Waals surface area contributed by atoms with Gasteiger partial charge >= 0.3 is 0 Å². The van der Waals surface area contributed by atoms with Crippen LogP contribution in [0.3, 0.4) is 0 Å². The standard InChI is InChI=1S/C21H20F2N4O4S2/c1-11-8-14(25-12(2)28)10-24-19(11)33(30,31)27-20-26-17(13-4-5-15(22)16(23)9-13)18(32-20)21(29)6-3-7-21/h4-5,8-10,29H,3,6-7H2,1-2H3,(H,25,28)(H,26,27). The molecule has 3 N–H and O–H groups in total. The number of anilines is 2. The van der Waals surface area contributed by atoms with E-state index in [1.54, 1.807) is 0 Å². The zero-order valence-corrected chi connectivity index (χ0v) is 19.3. The van der Waals surface area contributed by atoms with E-state index in [4.69, 9.17) is 0 Å². The summed E-state index contributed by atoms with van der Waals surface area (Å²) in [6, 6.07) is 4.71. The fourth-order valence-electron chi connectivity index (χ4n) is 3.54. The molecule has 1 aliphatic carbocycles. The van der Waals surface area contributed by atoms with Crippen molar-refractivity contribution in [2.24, 2.45) is 0 Å². The van der Waals surface area contributed by atoms with E-state index in [-0.39, 0.29) is 27.3 Å². The van der Waals surface area contributed by atoms with Crippen LogP contribution in [0, 0.1) is 18.6 Å². The number of amides is 1. The van der Waals surface area contributed by atoms with Crippen molar-refractivity contribution in [3.05, 3.63) is 52.5 Å². The lowest BCUT2D eigenvalue weighted by molar-refractivity contribution is -0.114. The molecule has 174 valence electrons. The Morgan fingerprint density at radius 3 is 2.52 bits per heavy atom. The molecular formula is C21H20F2N4O4S2. The van der Waals surface area contributed by atoms with Crippen molar-refractivity contribution in [1.29, 1.82) is 0 Å². The Labute approximate surface area is 192 Å². The first-order valence-electron chi connectivity index (χ1n) is 9.95. The predicted octanol–water partition coefficient (Wildman–Crippen LogP) is 3.92. The van der Waals surface area contributed by atoms with Crippen molar-refractivity contribution < 1.29 is 27.1 Å². The maximum absolute atomic E-state index is 13.8. The highest BCUT2D eigenvalue weighted by molar-refractivity contribution is 7.92. The Bertz CT molecular complexity index is 1350. The van der Waals surface area contributed by atoms with E-state index in [0.717, 1.165) is 29.9 Å². The molecule has 0 unspecified atom stereocenters. The number of thiazole rings is 1. The van der Waals surface area contributed by atoms with Crippen molar-refractivity contribution in [3.63, 3.8) is 0 Å². The van der Waals surface area contributed by atoms with E-state index >= 15 is 0 Å². The normalized spacial score (nSPS) is 15.1. The summed E-state index contributed by atoms with van der Waals surface area (Å²) < 4.78 is 55.6. The minimum absolute atomic E-state index is 0.0443. The topological polar surface area (TPSA) is 121 Å². The molecule has 1 saturated carbocycles. The molecule has 1 aliphatic rings. The van der Waals surface area contributed by atoms with Gasteiger partial charge in [0.2, 0.25) is 5.91 Å². The van der Waals surface area contributed by atoms with Gasteiger partial charge < -0.3 is 10.4 Å². The fraction of sp³-hybridized carbons (Fsp3) is 0.286. The molecule has 2 heterocycles. The number of carbonyl (C=O) groups is 1. The molecule has 8 nitrogen and oxygen atoms in total. The van der Waals surface area contributed by atoms with Gasteiger partial charge in [-0.2, -0.15) is 8.42 Å². The summed E-state index contributed by atoms with van der Waals surface area (Å²) in [4.78, 5) is 19.8. The first-order valence-corrected chi connectivity index (χ1v) is 12.2. The van der Waals surface area contributed by atoms with E-state index in [0.29, 0.717) is 29.0 Å². The predicted molar refractivity (Wildman–Crippen MR) is 119 cm³/mol. The molecule has 3 aromatic rings. The number of pyridine rings is 1. The molecule has 0 atom stereocenters. The van der Waals surface area contributed by atoms with Gasteiger partial charge in [-0.1, -0.05) is 11.3 Å². The number of sulfonamides is 1. The number of nitrogens with zero attached hydrogens (tertiary/aromatic N) is 2. The summed E-state index contributed by atoms with van der Waals surface area (Å²) in [7, 11) is -4.17. The van der Waals surface area contributed by atoms with Gasteiger partial charge in [-0.15, -0.1) is 0 Å². The first kappa shape index (κ1) is 23.2. The molecule has 0 radical (unpaired) electrons. The van der Waals surface area contributed by atoms with Crippen LogP contribution in [0.25, 0.3) is 11.3 Å². The number of nitrogens with one attached hydrogen (secondary N) is 2. The molecule has 0 aliphatic heterocycles. The van der Waals surface area contributed by atoms with E-state index in [1.807, 2.05) is 0 Å². The van der Waals surface area contributed by atoms with Crippen LogP contribution in [-0.4, -0.2) is 29.4 Å². The van der Waals surface area contributed by atoms with Crippen molar-refractivity contribution in [1.82, 2.24) is 9.97 Å². The maximum Gasteiger partial charge on any atom is 0.281 e. The van der Waals surface area contributed by atoms with Crippen LogP contribution in [-0.2, 0) is 20.4 Å². The van der Waals surface area contributed by atoms with Crippen LogP contribution >= 0.6 is 11.3 Å². The molecule has 2 aromatic heterocycles. The second kappa shape index (κ2) is 8.43. The van der Waals surface area contributed by atoms with Gasteiger partial charge in [0.1, 0.15) is 5.60 Å². The van der Waals surface area contributed by atoms with Crippen LogP contribution < -0.4 is 10.0 Å². The summed E-state index contributed by atoms with van der Waals surface area (Å²) in [5.41, 5.74) is -0.160. The molecule has 33 heavy (non-hydrogen) atoms. The molecule has 0 spiro atoms. The van der Waals surface area contributed by atoms with Gasteiger partial charge in [0.25, 0.3) is 10.0 Å². The summed E-state index contributed by atoms with van der Waals surface area (Å²) in [6.07, 6.45) is 2.89. The zero-order valence-electron chi connectivity index (χ0n) is 17.6. The van der Waals surface area contributed by atoms with Crippen molar-refractivity contribution >= 4 is 38.1 Å². The summed E-state index contributed by atoms with van der Waals surface area (Å²) in [5, 5.41) is 13.1. The number of halogens is 2. The monoisotopic (exact) mass is 494 g/mol. The Hall–Kier alpha value is -2.96. The number of hydrogen-bond acceptors (Lipinski definition) is 7. The molecule has 1 fully saturated rings. The fourth-order valence-corrected chi connectivity index (χ4v) is 6.06.